The summed E-state index contributed by atoms with van der Waals surface area (Å²) in [6.07, 6.45) is -1.47. The van der Waals surface area contributed by atoms with Crippen LogP contribution in [0.2, 0.25) is 0 Å². The Labute approximate surface area is 106 Å². The minimum absolute atomic E-state index is 0.0536. The fourth-order valence-electron chi connectivity index (χ4n) is 1.68. The number of halogens is 1. The molecule has 4 nitrogen and oxygen atoms in total. The number of carbonyl (C=O) groups is 1. The van der Waals surface area contributed by atoms with Crippen molar-refractivity contribution in [1.29, 1.82) is 0 Å². The zero-order valence-electron chi connectivity index (χ0n) is 10.5. The van der Waals surface area contributed by atoms with Gasteiger partial charge in [0.1, 0.15) is 5.82 Å². The van der Waals surface area contributed by atoms with Gasteiger partial charge in [0.2, 0.25) is 0 Å². The van der Waals surface area contributed by atoms with E-state index >= 15 is 0 Å². The molecule has 0 saturated carbocycles. The minimum atomic E-state index is -0.737. The Morgan fingerprint density at radius 2 is 1.72 bits per heavy atom. The third kappa shape index (κ3) is 4.09. The molecule has 0 aliphatic rings. The van der Waals surface area contributed by atoms with Gasteiger partial charge in [-0.25, -0.2) is 4.39 Å². The highest BCUT2D eigenvalue weighted by Crippen LogP contribution is 2.11. The largest absolute Gasteiger partial charge is 0.392 e. The molecule has 0 fully saturated rings. The average molecular weight is 255 g/mol. The molecule has 100 valence electrons. The van der Waals surface area contributed by atoms with Crippen LogP contribution in [0.25, 0.3) is 0 Å². The van der Waals surface area contributed by atoms with Gasteiger partial charge >= 0.3 is 0 Å². The van der Waals surface area contributed by atoms with Crippen molar-refractivity contribution in [3.05, 3.63) is 35.6 Å². The van der Waals surface area contributed by atoms with Crippen LogP contribution in [0.5, 0.6) is 0 Å². The van der Waals surface area contributed by atoms with Crippen LogP contribution in [0.4, 0.5) is 4.39 Å². The number of benzene rings is 1. The molecule has 2 N–H and O–H groups in total. The summed E-state index contributed by atoms with van der Waals surface area (Å²) in [6.45, 7) is 3.17. The van der Waals surface area contributed by atoms with Gasteiger partial charge in [-0.3, -0.25) is 4.79 Å². The van der Waals surface area contributed by atoms with E-state index in [-0.39, 0.29) is 18.7 Å². The number of aliphatic hydroxyl groups is 2. The molecule has 0 spiro atoms. The summed E-state index contributed by atoms with van der Waals surface area (Å²) in [4.78, 5) is 13.3. The van der Waals surface area contributed by atoms with E-state index in [1.54, 1.807) is 6.07 Å². The summed E-state index contributed by atoms with van der Waals surface area (Å²) in [6, 6.07) is 5.66. The van der Waals surface area contributed by atoms with Crippen LogP contribution < -0.4 is 0 Å². The quantitative estimate of drug-likeness (QED) is 0.826. The molecule has 1 rings (SSSR count). The van der Waals surface area contributed by atoms with Gasteiger partial charge in [-0.05, 0) is 26.0 Å². The highest BCUT2D eigenvalue weighted by molar-refractivity contribution is 5.94. The second-order valence-corrected chi connectivity index (χ2v) is 4.39. The molecule has 0 saturated heterocycles. The number of nitrogens with zero attached hydrogens (tertiary/aromatic N) is 1. The molecule has 2 unspecified atom stereocenters. The maximum atomic E-state index is 13.5. The number of rotatable bonds is 5. The number of aliphatic hydroxyl groups excluding tert-OH is 2. The van der Waals surface area contributed by atoms with Gasteiger partial charge in [-0.2, -0.15) is 0 Å². The third-order valence-corrected chi connectivity index (χ3v) is 2.36. The summed E-state index contributed by atoms with van der Waals surface area (Å²) < 4.78 is 13.5. The van der Waals surface area contributed by atoms with Crippen molar-refractivity contribution in [1.82, 2.24) is 4.90 Å². The number of hydrogen-bond donors (Lipinski definition) is 2. The molecule has 0 aliphatic carbocycles. The van der Waals surface area contributed by atoms with Crippen molar-refractivity contribution >= 4 is 5.91 Å². The van der Waals surface area contributed by atoms with Gasteiger partial charge in [-0.1, -0.05) is 12.1 Å². The summed E-state index contributed by atoms with van der Waals surface area (Å²) >= 11 is 0. The summed E-state index contributed by atoms with van der Waals surface area (Å²) in [5, 5.41) is 18.7. The van der Waals surface area contributed by atoms with Gasteiger partial charge in [0.25, 0.3) is 5.91 Å². The first-order chi connectivity index (χ1) is 8.41. The van der Waals surface area contributed by atoms with E-state index in [2.05, 4.69) is 0 Å². The molecule has 0 bridgehead atoms. The first kappa shape index (κ1) is 14.6. The van der Waals surface area contributed by atoms with Crippen LogP contribution in [0, 0.1) is 5.82 Å². The monoisotopic (exact) mass is 255 g/mol. The number of hydrogen-bond acceptors (Lipinski definition) is 3. The summed E-state index contributed by atoms with van der Waals surface area (Å²) in [7, 11) is 0. The lowest BCUT2D eigenvalue weighted by molar-refractivity contribution is 0.0513. The normalized spacial score (nSPS) is 14.1. The third-order valence-electron chi connectivity index (χ3n) is 2.36. The van der Waals surface area contributed by atoms with Crippen LogP contribution in [-0.2, 0) is 0 Å². The molecule has 5 heteroatoms. The molecule has 0 heterocycles. The first-order valence-corrected chi connectivity index (χ1v) is 5.81. The predicted octanol–water partition coefficient (Wildman–Crippen LogP) is 1.03. The Kier molecular flexibility index (Phi) is 5.25. The lowest BCUT2D eigenvalue weighted by atomic mass is 10.1. The molecular formula is C13H18FNO3. The van der Waals surface area contributed by atoms with Gasteiger partial charge in [0.05, 0.1) is 17.8 Å². The standard InChI is InChI=1S/C13H18FNO3/c1-9(16)7-15(8-10(2)17)13(18)11-5-3-4-6-12(11)14/h3-6,9-10,16-17H,7-8H2,1-2H3. The lowest BCUT2D eigenvalue weighted by Gasteiger charge is -2.25. The fourth-order valence-corrected chi connectivity index (χ4v) is 1.68. The molecule has 1 amide bonds. The topological polar surface area (TPSA) is 60.8 Å². The lowest BCUT2D eigenvalue weighted by Crippen LogP contribution is -2.41. The van der Waals surface area contributed by atoms with Crippen molar-refractivity contribution in [3.8, 4) is 0 Å². The molecule has 0 aromatic heterocycles. The highest BCUT2D eigenvalue weighted by atomic mass is 19.1. The number of amides is 1. The highest BCUT2D eigenvalue weighted by Gasteiger charge is 2.21. The molecule has 0 aliphatic heterocycles. The molecular weight excluding hydrogens is 237 g/mol. The Balaban J connectivity index is 2.91. The Morgan fingerprint density at radius 3 is 2.17 bits per heavy atom. The Morgan fingerprint density at radius 1 is 1.22 bits per heavy atom. The van der Waals surface area contributed by atoms with Crippen LogP contribution >= 0.6 is 0 Å². The van der Waals surface area contributed by atoms with Gasteiger partial charge in [-0.15, -0.1) is 0 Å². The van der Waals surface area contributed by atoms with Crippen LogP contribution in [0.1, 0.15) is 24.2 Å². The van der Waals surface area contributed by atoms with E-state index in [0.29, 0.717) is 0 Å². The van der Waals surface area contributed by atoms with Crippen molar-refractivity contribution < 1.29 is 19.4 Å². The van der Waals surface area contributed by atoms with E-state index in [1.165, 1.54) is 36.9 Å². The van der Waals surface area contributed by atoms with Gasteiger partial charge in [0, 0.05) is 13.1 Å². The first-order valence-electron chi connectivity index (χ1n) is 5.81. The number of carbonyl (C=O) groups excluding carboxylic acids is 1. The SMILES string of the molecule is CC(O)CN(CC(C)O)C(=O)c1ccccc1F. The van der Waals surface area contributed by atoms with E-state index in [9.17, 15) is 19.4 Å². The van der Waals surface area contributed by atoms with E-state index in [4.69, 9.17) is 0 Å². The van der Waals surface area contributed by atoms with Crippen LogP contribution in [-0.4, -0.2) is 46.3 Å². The van der Waals surface area contributed by atoms with E-state index < -0.39 is 23.9 Å². The van der Waals surface area contributed by atoms with Crippen molar-refractivity contribution in [2.75, 3.05) is 13.1 Å². The Hall–Kier alpha value is -1.46. The average Bonchev–Trinajstić information content (AvgIpc) is 2.26. The van der Waals surface area contributed by atoms with Crippen molar-refractivity contribution in [2.45, 2.75) is 26.1 Å². The van der Waals surface area contributed by atoms with E-state index in [1.807, 2.05) is 0 Å². The molecule has 1 aromatic rings. The fraction of sp³-hybridized carbons (Fsp3) is 0.462. The maximum absolute atomic E-state index is 13.5. The van der Waals surface area contributed by atoms with Crippen molar-refractivity contribution in [3.63, 3.8) is 0 Å². The van der Waals surface area contributed by atoms with Gasteiger partial charge in [0.15, 0.2) is 0 Å². The van der Waals surface area contributed by atoms with Crippen LogP contribution in [0.3, 0.4) is 0 Å². The zero-order chi connectivity index (χ0) is 13.7. The van der Waals surface area contributed by atoms with E-state index in [0.717, 1.165) is 0 Å². The maximum Gasteiger partial charge on any atom is 0.257 e. The minimum Gasteiger partial charge on any atom is -0.392 e. The summed E-state index contributed by atoms with van der Waals surface area (Å²) in [5.41, 5.74) is -0.0567. The smallest absolute Gasteiger partial charge is 0.257 e. The Bertz CT molecular complexity index is 397. The zero-order valence-corrected chi connectivity index (χ0v) is 10.5. The van der Waals surface area contributed by atoms with Crippen LogP contribution in [0.15, 0.2) is 24.3 Å². The van der Waals surface area contributed by atoms with Gasteiger partial charge < -0.3 is 15.1 Å². The molecule has 2 atom stereocenters. The van der Waals surface area contributed by atoms with Crippen molar-refractivity contribution in [2.24, 2.45) is 0 Å². The predicted molar refractivity (Wildman–Crippen MR) is 65.7 cm³/mol. The summed E-state index contributed by atoms with van der Waals surface area (Å²) in [5.74, 6) is -1.14. The second-order valence-electron chi connectivity index (χ2n) is 4.39. The molecule has 0 radical (unpaired) electrons. The second kappa shape index (κ2) is 6.47. The molecule has 1 aromatic carbocycles. The molecule has 18 heavy (non-hydrogen) atoms.